The molecule has 0 atom stereocenters. The molecule has 1 saturated carbocycles. The van der Waals surface area contributed by atoms with E-state index in [1.807, 2.05) is 6.92 Å². The van der Waals surface area contributed by atoms with Crippen molar-refractivity contribution < 1.29 is 9.59 Å². The second-order valence-corrected chi connectivity index (χ2v) is 3.01. The average Bonchev–Trinajstić information content (AvgIpc) is 1.85. The molecule has 0 unspecified atom stereocenters. The lowest BCUT2D eigenvalue weighted by Crippen LogP contribution is -2.31. The molecule has 0 aromatic rings. The molecule has 3 nitrogen and oxygen atoms in total. The van der Waals surface area contributed by atoms with Crippen LogP contribution in [0.4, 0.5) is 0 Å². The van der Waals surface area contributed by atoms with E-state index >= 15 is 0 Å². The highest BCUT2D eigenvalue weighted by molar-refractivity contribution is 6.07. The van der Waals surface area contributed by atoms with Crippen molar-refractivity contribution in [1.29, 1.82) is 5.26 Å². The molecule has 0 aromatic carbocycles. The fourth-order valence-electron chi connectivity index (χ4n) is 1.32. The Labute approximate surface area is 65.0 Å². The smallest absolute Gasteiger partial charge is 0.163 e. The topological polar surface area (TPSA) is 57.9 Å². The van der Waals surface area contributed by atoms with E-state index < -0.39 is 5.92 Å². The minimum absolute atomic E-state index is 0.125. The zero-order valence-corrected chi connectivity index (χ0v) is 6.33. The second kappa shape index (κ2) is 2.83. The average molecular weight is 151 g/mol. The molecule has 0 spiro atoms. The molecular formula is C8H9NO2. The number of ketones is 2. The highest BCUT2D eigenvalue weighted by atomic mass is 16.2. The molecule has 0 N–H and O–H groups in total. The normalized spacial score (nSPS) is 31.6. The third kappa shape index (κ3) is 1.45. The summed E-state index contributed by atoms with van der Waals surface area (Å²) in [5.74, 6) is -1.27. The minimum Gasteiger partial charge on any atom is -0.298 e. The van der Waals surface area contributed by atoms with Gasteiger partial charge in [-0.15, -0.1) is 0 Å². The number of Topliss-reactive ketones (excluding diaryl/α,β-unsaturated/α-hetero) is 2. The lowest BCUT2D eigenvalue weighted by molar-refractivity contribution is -0.134. The van der Waals surface area contributed by atoms with Gasteiger partial charge in [-0.1, -0.05) is 6.92 Å². The summed E-state index contributed by atoms with van der Waals surface area (Å²) >= 11 is 0. The molecule has 0 radical (unpaired) electrons. The fourth-order valence-corrected chi connectivity index (χ4v) is 1.32. The Balaban J connectivity index is 2.77. The molecule has 0 heterocycles. The Kier molecular flexibility index (Phi) is 2.04. The van der Waals surface area contributed by atoms with E-state index in [2.05, 4.69) is 0 Å². The van der Waals surface area contributed by atoms with Crippen LogP contribution in [-0.2, 0) is 9.59 Å². The third-order valence-electron chi connectivity index (χ3n) is 1.87. The van der Waals surface area contributed by atoms with Gasteiger partial charge >= 0.3 is 0 Å². The van der Waals surface area contributed by atoms with Crippen LogP contribution in [-0.4, -0.2) is 11.6 Å². The van der Waals surface area contributed by atoms with Crippen molar-refractivity contribution in [2.24, 2.45) is 11.8 Å². The van der Waals surface area contributed by atoms with Crippen molar-refractivity contribution >= 4 is 11.6 Å². The predicted octanol–water partition coefficient (Wildman–Crippen LogP) is 0.694. The van der Waals surface area contributed by atoms with Crippen LogP contribution in [0, 0.1) is 23.2 Å². The molecule has 0 aromatic heterocycles. The number of nitrogens with zero attached hydrogens (tertiary/aromatic N) is 1. The van der Waals surface area contributed by atoms with Crippen molar-refractivity contribution in [1.82, 2.24) is 0 Å². The molecule has 3 heteroatoms. The van der Waals surface area contributed by atoms with Gasteiger partial charge in [0.2, 0.25) is 0 Å². The van der Waals surface area contributed by atoms with Gasteiger partial charge < -0.3 is 0 Å². The van der Waals surface area contributed by atoms with Gasteiger partial charge in [0.15, 0.2) is 17.5 Å². The fraction of sp³-hybridized carbons (Fsp3) is 0.625. The van der Waals surface area contributed by atoms with Crippen molar-refractivity contribution in [2.45, 2.75) is 19.8 Å². The first-order chi connectivity index (χ1) is 5.15. The number of hydrogen-bond donors (Lipinski definition) is 0. The Bertz CT molecular complexity index is 221. The zero-order chi connectivity index (χ0) is 8.43. The molecule has 0 bridgehead atoms. The number of nitriles is 1. The van der Waals surface area contributed by atoms with Gasteiger partial charge in [0.25, 0.3) is 0 Å². The molecule has 1 rings (SSSR count). The van der Waals surface area contributed by atoms with Crippen molar-refractivity contribution in [3.8, 4) is 6.07 Å². The van der Waals surface area contributed by atoms with Gasteiger partial charge in [-0.3, -0.25) is 9.59 Å². The molecule has 1 fully saturated rings. The lowest BCUT2D eigenvalue weighted by atomic mass is 9.82. The summed E-state index contributed by atoms with van der Waals surface area (Å²) in [7, 11) is 0. The summed E-state index contributed by atoms with van der Waals surface area (Å²) < 4.78 is 0. The highest BCUT2D eigenvalue weighted by Crippen LogP contribution is 2.21. The van der Waals surface area contributed by atoms with E-state index in [-0.39, 0.29) is 17.5 Å². The van der Waals surface area contributed by atoms with E-state index in [0.29, 0.717) is 12.8 Å². The SMILES string of the molecule is CC1CC(=O)C(C#N)C(=O)C1. The molecule has 0 aliphatic heterocycles. The first-order valence-corrected chi connectivity index (χ1v) is 3.60. The summed E-state index contributed by atoms with van der Waals surface area (Å²) in [5.41, 5.74) is 0. The third-order valence-corrected chi connectivity index (χ3v) is 1.87. The molecule has 11 heavy (non-hydrogen) atoms. The Morgan fingerprint density at radius 1 is 1.36 bits per heavy atom. The van der Waals surface area contributed by atoms with Gasteiger partial charge in [-0.25, -0.2) is 0 Å². The Morgan fingerprint density at radius 2 is 1.82 bits per heavy atom. The van der Waals surface area contributed by atoms with Gasteiger partial charge in [-0.2, -0.15) is 5.26 Å². The summed E-state index contributed by atoms with van der Waals surface area (Å²) in [5, 5.41) is 8.43. The number of carbonyl (C=O) groups is 2. The Hall–Kier alpha value is -1.17. The van der Waals surface area contributed by atoms with Gasteiger partial charge in [0.1, 0.15) is 0 Å². The quantitative estimate of drug-likeness (QED) is 0.479. The summed E-state index contributed by atoms with van der Waals surface area (Å²) in [6.07, 6.45) is 0.758. The van der Waals surface area contributed by atoms with E-state index in [1.165, 1.54) is 0 Å². The number of hydrogen-bond acceptors (Lipinski definition) is 3. The standard InChI is InChI=1S/C8H9NO2/c1-5-2-7(10)6(4-9)8(11)3-5/h5-6H,2-3H2,1H3. The van der Waals surface area contributed by atoms with Crippen LogP contribution in [0.2, 0.25) is 0 Å². The van der Waals surface area contributed by atoms with Gasteiger partial charge in [0, 0.05) is 12.8 Å². The highest BCUT2D eigenvalue weighted by Gasteiger charge is 2.33. The van der Waals surface area contributed by atoms with Crippen LogP contribution >= 0.6 is 0 Å². The largest absolute Gasteiger partial charge is 0.298 e. The van der Waals surface area contributed by atoms with Crippen LogP contribution in [0.5, 0.6) is 0 Å². The predicted molar refractivity (Wildman–Crippen MR) is 37.5 cm³/mol. The maximum atomic E-state index is 11.0. The monoisotopic (exact) mass is 151 g/mol. The molecule has 0 amide bonds. The maximum absolute atomic E-state index is 11.0. The van der Waals surface area contributed by atoms with E-state index in [4.69, 9.17) is 5.26 Å². The van der Waals surface area contributed by atoms with Gasteiger partial charge in [-0.05, 0) is 5.92 Å². The zero-order valence-electron chi connectivity index (χ0n) is 6.33. The first-order valence-electron chi connectivity index (χ1n) is 3.60. The molecular weight excluding hydrogens is 142 g/mol. The maximum Gasteiger partial charge on any atom is 0.163 e. The molecule has 0 saturated heterocycles. The van der Waals surface area contributed by atoms with E-state index in [0.717, 1.165) is 0 Å². The number of rotatable bonds is 0. The van der Waals surface area contributed by atoms with Crippen molar-refractivity contribution in [3.05, 3.63) is 0 Å². The summed E-state index contributed by atoms with van der Waals surface area (Å²) in [6.45, 7) is 1.85. The summed E-state index contributed by atoms with van der Waals surface area (Å²) in [6, 6.07) is 1.72. The molecule has 1 aliphatic carbocycles. The molecule has 1 aliphatic rings. The van der Waals surface area contributed by atoms with Gasteiger partial charge in [0.05, 0.1) is 6.07 Å². The van der Waals surface area contributed by atoms with Crippen LogP contribution in [0.25, 0.3) is 0 Å². The van der Waals surface area contributed by atoms with Crippen molar-refractivity contribution in [3.63, 3.8) is 0 Å². The second-order valence-electron chi connectivity index (χ2n) is 3.01. The Morgan fingerprint density at radius 3 is 2.18 bits per heavy atom. The minimum atomic E-state index is -0.966. The summed E-state index contributed by atoms with van der Waals surface area (Å²) in [4.78, 5) is 22.0. The first kappa shape index (κ1) is 7.93. The number of carbonyl (C=O) groups excluding carboxylic acids is 2. The molecule has 58 valence electrons. The van der Waals surface area contributed by atoms with Crippen LogP contribution in [0.15, 0.2) is 0 Å². The lowest BCUT2D eigenvalue weighted by Gasteiger charge is -2.18. The van der Waals surface area contributed by atoms with Crippen LogP contribution in [0.1, 0.15) is 19.8 Å². The van der Waals surface area contributed by atoms with E-state index in [9.17, 15) is 9.59 Å². The van der Waals surface area contributed by atoms with Crippen LogP contribution in [0.3, 0.4) is 0 Å². The van der Waals surface area contributed by atoms with Crippen molar-refractivity contribution in [2.75, 3.05) is 0 Å². The van der Waals surface area contributed by atoms with Crippen LogP contribution < -0.4 is 0 Å². The van der Waals surface area contributed by atoms with E-state index in [1.54, 1.807) is 6.07 Å².